The van der Waals surface area contributed by atoms with Crippen molar-refractivity contribution in [1.29, 1.82) is 0 Å². The highest BCUT2D eigenvalue weighted by Gasteiger charge is 2.10. The molecule has 2 aromatic rings. The molecule has 5 nitrogen and oxygen atoms in total. The van der Waals surface area contributed by atoms with E-state index in [1.807, 2.05) is 10.7 Å². The summed E-state index contributed by atoms with van der Waals surface area (Å²) in [5.41, 5.74) is 6.94. The van der Waals surface area contributed by atoms with Gasteiger partial charge in [-0.05, 0) is 63.5 Å². The van der Waals surface area contributed by atoms with Gasteiger partial charge in [0.1, 0.15) is 5.75 Å². The van der Waals surface area contributed by atoms with E-state index < -0.39 is 0 Å². The van der Waals surface area contributed by atoms with Crippen LogP contribution in [0.3, 0.4) is 0 Å². The summed E-state index contributed by atoms with van der Waals surface area (Å²) in [7, 11) is 0. The average Bonchev–Trinajstić information content (AvgIpc) is 2.87. The lowest BCUT2D eigenvalue weighted by Gasteiger charge is -2.26. The highest BCUT2D eigenvalue weighted by atomic mass is 16.3. The molecule has 0 aliphatic carbocycles. The Morgan fingerprint density at radius 2 is 1.74 bits per heavy atom. The van der Waals surface area contributed by atoms with Crippen LogP contribution in [0.15, 0.2) is 18.2 Å². The lowest BCUT2D eigenvalue weighted by molar-refractivity contribution is 0.224. The largest absolute Gasteiger partial charge is 0.508 e. The van der Waals surface area contributed by atoms with E-state index >= 15 is 0 Å². The quantitative estimate of drug-likeness (QED) is 0.769. The fourth-order valence-electron chi connectivity index (χ4n) is 3.50. The standard InChI is InChI=1S/C18H28N4O/c19-18-16-14-15(23)8-9-17(16)22(20-18)13-7-2-1-4-10-21-11-5-3-6-12-21/h8-9,14,23H,1-7,10-13H2,(H2,19,20). The van der Waals surface area contributed by atoms with E-state index in [-0.39, 0.29) is 5.75 Å². The lowest BCUT2D eigenvalue weighted by atomic mass is 10.1. The number of anilines is 1. The molecule has 0 radical (unpaired) electrons. The molecule has 0 saturated carbocycles. The van der Waals surface area contributed by atoms with Crippen molar-refractivity contribution < 1.29 is 5.11 Å². The van der Waals surface area contributed by atoms with Gasteiger partial charge in [0.25, 0.3) is 0 Å². The van der Waals surface area contributed by atoms with Gasteiger partial charge in [-0.25, -0.2) is 0 Å². The van der Waals surface area contributed by atoms with Crippen LogP contribution in [0.1, 0.15) is 44.9 Å². The maximum atomic E-state index is 9.55. The molecule has 5 heteroatoms. The highest BCUT2D eigenvalue weighted by molar-refractivity contribution is 5.90. The van der Waals surface area contributed by atoms with E-state index in [0.29, 0.717) is 5.82 Å². The Morgan fingerprint density at radius 3 is 2.52 bits per heavy atom. The number of phenolic OH excluding ortho intramolecular Hbond substituents is 1. The number of aromatic nitrogens is 2. The molecule has 0 atom stereocenters. The van der Waals surface area contributed by atoms with Gasteiger partial charge in [-0.15, -0.1) is 0 Å². The molecule has 1 aliphatic heterocycles. The molecule has 3 rings (SSSR count). The van der Waals surface area contributed by atoms with Crippen molar-refractivity contribution in [2.45, 2.75) is 51.5 Å². The Hall–Kier alpha value is -1.75. The number of nitrogens with two attached hydrogens (primary N) is 1. The van der Waals surface area contributed by atoms with Crippen LogP contribution >= 0.6 is 0 Å². The van der Waals surface area contributed by atoms with Gasteiger partial charge >= 0.3 is 0 Å². The van der Waals surface area contributed by atoms with Gasteiger partial charge in [0.2, 0.25) is 0 Å². The molecule has 0 unspecified atom stereocenters. The molecule has 23 heavy (non-hydrogen) atoms. The van der Waals surface area contributed by atoms with Crippen LogP contribution in [0.25, 0.3) is 10.9 Å². The van der Waals surface area contributed by atoms with Crippen molar-refractivity contribution in [1.82, 2.24) is 14.7 Å². The summed E-state index contributed by atoms with van der Waals surface area (Å²) < 4.78 is 1.97. The van der Waals surface area contributed by atoms with E-state index in [9.17, 15) is 5.11 Å². The number of aromatic hydroxyl groups is 1. The summed E-state index contributed by atoms with van der Waals surface area (Å²) in [6.07, 6.45) is 9.11. The summed E-state index contributed by atoms with van der Waals surface area (Å²) in [5, 5.41) is 14.8. The van der Waals surface area contributed by atoms with E-state index in [2.05, 4.69) is 10.00 Å². The van der Waals surface area contributed by atoms with E-state index in [0.717, 1.165) is 23.9 Å². The minimum atomic E-state index is 0.237. The SMILES string of the molecule is Nc1nn(CCCCCCN2CCCCC2)c2ccc(O)cc12. The Balaban J connectivity index is 1.40. The number of fused-ring (bicyclic) bond motifs is 1. The van der Waals surface area contributed by atoms with Crippen molar-refractivity contribution in [2.24, 2.45) is 0 Å². The molecule has 3 N–H and O–H groups in total. The Morgan fingerprint density at radius 1 is 1.00 bits per heavy atom. The third-order valence-electron chi connectivity index (χ3n) is 4.81. The van der Waals surface area contributed by atoms with Gasteiger partial charge in [-0.3, -0.25) is 4.68 Å². The molecule has 1 aliphatic rings. The number of benzene rings is 1. The Kier molecular flexibility index (Phi) is 5.39. The first-order valence-electron chi connectivity index (χ1n) is 8.91. The number of likely N-dealkylation sites (tertiary alicyclic amines) is 1. The van der Waals surface area contributed by atoms with Crippen LogP contribution < -0.4 is 5.73 Å². The normalized spacial score (nSPS) is 16.2. The van der Waals surface area contributed by atoms with Crippen molar-refractivity contribution in [3.05, 3.63) is 18.2 Å². The summed E-state index contributed by atoms with van der Waals surface area (Å²) in [5.74, 6) is 0.738. The van der Waals surface area contributed by atoms with Crippen molar-refractivity contribution in [2.75, 3.05) is 25.4 Å². The van der Waals surface area contributed by atoms with Gasteiger partial charge in [0.05, 0.1) is 5.52 Å². The Bertz CT molecular complexity index is 631. The zero-order valence-electron chi connectivity index (χ0n) is 13.9. The number of rotatable bonds is 7. The predicted molar refractivity (Wildman–Crippen MR) is 94.6 cm³/mol. The first kappa shape index (κ1) is 16.1. The average molecular weight is 316 g/mol. The number of hydrogen-bond donors (Lipinski definition) is 2. The second-order valence-electron chi connectivity index (χ2n) is 6.63. The number of piperidine rings is 1. The van der Waals surface area contributed by atoms with E-state index in [1.54, 1.807) is 12.1 Å². The van der Waals surface area contributed by atoms with Gasteiger partial charge in [0, 0.05) is 11.9 Å². The number of unbranched alkanes of at least 4 members (excludes halogenated alkanes) is 3. The minimum absolute atomic E-state index is 0.237. The third kappa shape index (κ3) is 4.16. The second-order valence-corrected chi connectivity index (χ2v) is 6.63. The second kappa shape index (κ2) is 7.68. The van der Waals surface area contributed by atoms with Crippen LogP contribution in [-0.4, -0.2) is 39.4 Å². The number of nitrogens with zero attached hydrogens (tertiary/aromatic N) is 3. The molecule has 1 fully saturated rings. The zero-order valence-corrected chi connectivity index (χ0v) is 13.9. The number of aryl methyl sites for hydroxylation is 1. The topological polar surface area (TPSA) is 67.3 Å². The summed E-state index contributed by atoms with van der Waals surface area (Å²) in [6, 6.07) is 5.27. The van der Waals surface area contributed by atoms with E-state index in [1.165, 1.54) is 58.2 Å². The van der Waals surface area contributed by atoms with Crippen LogP contribution in [-0.2, 0) is 6.54 Å². The number of nitrogen functional groups attached to an aromatic ring is 1. The molecular formula is C18H28N4O. The first-order chi connectivity index (χ1) is 11.2. The number of phenols is 1. The molecule has 0 amide bonds. The van der Waals surface area contributed by atoms with E-state index in [4.69, 9.17) is 5.73 Å². The predicted octanol–water partition coefficient (Wildman–Crippen LogP) is 3.37. The monoisotopic (exact) mass is 316 g/mol. The molecule has 2 heterocycles. The van der Waals surface area contributed by atoms with Crippen molar-refractivity contribution >= 4 is 16.7 Å². The molecular weight excluding hydrogens is 288 g/mol. The number of hydrogen-bond acceptors (Lipinski definition) is 4. The van der Waals surface area contributed by atoms with Crippen LogP contribution in [0, 0.1) is 0 Å². The molecule has 1 aromatic heterocycles. The lowest BCUT2D eigenvalue weighted by Crippen LogP contribution is -2.30. The van der Waals surface area contributed by atoms with Crippen molar-refractivity contribution in [3.8, 4) is 5.75 Å². The smallest absolute Gasteiger partial charge is 0.153 e. The highest BCUT2D eigenvalue weighted by Crippen LogP contribution is 2.25. The zero-order chi connectivity index (χ0) is 16.1. The van der Waals surface area contributed by atoms with Crippen LogP contribution in [0.2, 0.25) is 0 Å². The fraction of sp³-hybridized carbons (Fsp3) is 0.611. The fourth-order valence-corrected chi connectivity index (χ4v) is 3.50. The molecule has 0 bridgehead atoms. The van der Waals surface area contributed by atoms with Gasteiger partial charge < -0.3 is 15.7 Å². The first-order valence-corrected chi connectivity index (χ1v) is 8.91. The summed E-state index contributed by atoms with van der Waals surface area (Å²) in [4.78, 5) is 2.61. The maximum absolute atomic E-state index is 9.55. The third-order valence-corrected chi connectivity index (χ3v) is 4.81. The molecule has 1 saturated heterocycles. The summed E-state index contributed by atoms with van der Waals surface area (Å²) >= 11 is 0. The van der Waals surface area contributed by atoms with Crippen LogP contribution in [0.5, 0.6) is 5.75 Å². The molecule has 0 spiro atoms. The maximum Gasteiger partial charge on any atom is 0.153 e. The molecule has 126 valence electrons. The Labute approximate surface area is 138 Å². The van der Waals surface area contributed by atoms with Gasteiger partial charge in [0.15, 0.2) is 5.82 Å². The summed E-state index contributed by atoms with van der Waals surface area (Å²) in [6.45, 7) is 4.75. The molecule has 1 aromatic carbocycles. The van der Waals surface area contributed by atoms with Gasteiger partial charge in [-0.2, -0.15) is 5.10 Å². The van der Waals surface area contributed by atoms with Crippen molar-refractivity contribution in [3.63, 3.8) is 0 Å². The van der Waals surface area contributed by atoms with Gasteiger partial charge in [-0.1, -0.05) is 19.3 Å². The van der Waals surface area contributed by atoms with Crippen LogP contribution in [0.4, 0.5) is 5.82 Å². The minimum Gasteiger partial charge on any atom is -0.508 e.